The van der Waals surface area contributed by atoms with Crippen molar-refractivity contribution in [1.82, 2.24) is 15.1 Å². The molecule has 1 saturated carbocycles. The van der Waals surface area contributed by atoms with Crippen LogP contribution in [0, 0.1) is 5.92 Å². The molecular weight excluding hydrogens is 174 g/mol. The van der Waals surface area contributed by atoms with E-state index in [-0.39, 0.29) is 0 Å². The van der Waals surface area contributed by atoms with Crippen molar-refractivity contribution in [3.05, 3.63) is 18.5 Å². The molecule has 0 radical (unpaired) electrons. The molecule has 1 aromatic rings. The lowest BCUT2D eigenvalue weighted by molar-refractivity contribution is 0.443. The van der Waals surface area contributed by atoms with Gasteiger partial charge in [-0.3, -0.25) is 4.68 Å². The second kappa shape index (κ2) is 4.60. The van der Waals surface area contributed by atoms with Gasteiger partial charge in [-0.15, -0.1) is 0 Å². The molecule has 1 aliphatic rings. The van der Waals surface area contributed by atoms with Gasteiger partial charge in [0, 0.05) is 18.4 Å². The smallest absolute Gasteiger partial charge is 0.0559 e. The maximum atomic E-state index is 4.19. The van der Waals surface area contributed by atoms with E-state index in [1.54, 1.807) is 0 Å². The van der Waals surface area contributed by atoms with Crippen LogP contribution >= 0.6 is 0 Å². The second-order valence-corrected chi connectivity index (χ2v) is 4.32. The Bertz CT molecular complexity index is 252. The van der Waals surface area contributed by atoms with Crippen LogP contribution in [0.4, 0.5) is 0 Å². The van der Waals surface area contributed by atoms with Gasteiger partial charge in [-0.1, -0.05) is 12.8 Å². The quantitative estimate of drug-likeness (QED) is 0.744. The Morgan fingerprint density at radius 2 is 2.43 bits per heavy atom. The Labute approximate surface area is 85.5 Å². The summed E-state index contributed by atoms with van der Waals surface area (Å²) in [5.74, 6) is 1.03. The predicted molar refractivity (Wildman–Crippen MR) is 57.0 cm³/mol. The third-order valence-electron chi connectivity index (χ3n) is 2.76. The summed E-state index contributed by atoms with van der Waals surface area (Å²) in [6, 6.07) is 2.49. The third-order valence-corrected chi connectivity index (χ3v) is 2.76. The fourth-order valence-corrected chi connectivity index (χ4v) is 1.69. The van der Waals surface area contributed by atoms with Crippen molar-refractivity contribution >= 4 is 0 Å². The molecule has 0 aliphatic heterocycles. The highest BCUT2D eigenvalue weighted by molar-refractivity contribution is 4.79. The number of hydrogen-bond acceptors (Lipinski definition) is 2. The van der Waals surface area contributed by atoms with Crippen LogP contribution in [0.3, 0.4) is 0 Å². The molecule has 1 aliphatic carbocycles. The van der Waals surface area contributed by atoms with Gasteiger partial charge < -0.3 is 5.32 Å². The Morgan fingerprint density at radius 1 is 1.57 bits per heavy atom. The number of rotatable bonds is 6. The molecule has 3 heteroatoms. The highest BCUT2D eigenvalue weighted by Crippen LogP contribution is 2.31. The monoisotopic (exact) mass is 193 g/mol. The van der Waals surface area contributed by atoms with Crippen molar-refractivity contribution < 1.29 is 0 Å². The van der Waals surface area contributed by atoms with E-state index in [0.717, 1.165) is 19.0 Å². The first kappa shape index (κ1) is 9.71. The molecule has 1 fully saturated rings. The van der Waals surface area contributed by atoms with Gasteiger partial charge in [0.1, 0.15) is 0 Å². The van der Waals surface area contributed by atoms with Crippen LogP contribution in [0.15, 0.2) is 18.5 Å². The largest absolute Gasteiger partial charge is 0.312 e. The minimum atomic E-state index is 0.522. The van der Waals surface area contributed by atoms with E-state index in [0.29, 0.717) is 6.04 Å². The first-order valence-electron chi connectivity index (χ1n) is 5.55. The zero-order chi connectivity index (χ0) is 9.80. The predicted octanol–water partition coefficient (Wildman–Crippen LogP) is 1.66. The van der Waals surface area contributed by atoms with Gasteiger partial charge in [0.15, 0.2) is 0 Å². The normalized spacial score (nSPS) is 18.4. The van der Waals surface area contributed by atoms with Crippen LogP contribution in [0.5, 0.6) is 0 Å². The van der Waals surface area contributed by atoms with Crippen molar-refractivity contribution in [3.63, 3.8) is 0 Å². The van der Waals surface area contributed by atoms with Crippen LogP contribution in [-0.4, -0.2) is 22.4 Å². The van der Waals surface area contributed by atoms with Gasteiger partial charge in [0.05, 0.1) is 6.54 Å². The molecule has 14 heavy (non-hydrogen) atoms. The minimum Gasteiger partial charge on any atom is -0.312 e. The first-order valence-corrected chi connectivity index (χ1v) is 5.55. The Kier molecular flexibility index (Phi) is 3.19. The fraction of sp³-hybridized carbons (Fsp3) is 0.727. The summed E-state index contributed by atoms with van der Waals surface area (Å²) in [6.45, 7) is 4.35. The Balaban J connectivity index is 1.60. The molecular formula is C11H19N3. The summed E-state index contributed by atoms with van der Waals surface area (Å²) in [4.78, 5) is 0. The SMILES string of the molecule is CC(Cn1cccn1)NCCC1CC1. The van der Waals surface area contributed by atoms with Crippen LogP contribution in [0.2, 0.25) is 0 Å². The minimum absolute atomic E-state index is 0.522. The zero-order valence-electron chi connectivity index (χ0n) is 8.82. The molecule has 0 saturated heterocycles. The van der Waals surface area contributed by atoms with Gasteiger partial charge in [0.25, 0.3) is 0 Å². The van der Waals surface area contributed by atoms with Gasteiger partial charge in [-0.05, 0) is 31.9 Å². The molecule has 1 aromatic heterocycles. The molecule has 1 N–H and O–H groups in total. The molecule has 1 atom stereocenters. The molecule has 1 unspecified atom stereocenters. The van der Waals surface area contributed by atoms with Crippen LogP contribution in [-0.2, 0) is 6.54 Å². The van der Waals surface area contributed by atoms with Crippen LogP contribution in [0.1, 0.15) is 26.2 Å². The molecule has 0 amide bonds. The van der Waals surface area contributed by atoms with E-state index in [1.807, 2.05) is 23.1 Å². The lowest BCUT2D eigenvalue weighted by atomic mass is 10.2. The molecule has 3 nitrogen and oxygen atoms in total. The summed E-state index contributed by atoms with van der Waals surface area (Å²) in [7, 11) is 0. The standard InChI is InChI=1S/C11H19N3/c1-10(9-14-8-2-6-13-14)12-7-5-11-3-4-11/h2,6,8,10-12H,3-5,7,9H2,1H3. The van der Waals surface area contributed by atoms with Gasteiger partial charge in [-0.25, -0.2) is 0 Å². The summed E-state index contributed by atoms with van der Waals surface area (Å²) < 4.78 is 1.98. The Hall–Kier alpha value is -0.830. The second-order valence-electron chi connectivity index (χ2n) is 4.32. The lowest BCUT2D eigenvalue weighted by Crippen LogP contribution is -2.31. The molecule has 0 spiro atoms. The molecule has 0 bridgehead atoms. The average Bonchev–Trinajstić information content (AvgIpc) is 2.83. The highest BCUT2D eigenvalue weighted by Gasteiger charge is 2.20. The molecule has 1 heterocycles. The number of hydrogen-bond donors (Lipinski definition) is 1. The number of nitrogens with zero attached hydrogens (tertiary/aromatic N) is 2. The lowest BCUT2D eigenvalue weighted by Gasteiger charge is -2.13. The van der Waals surface area contributed by atoms with E-state index in [4.69, 9.17) is 0 Å². The van der Waals surface area contributed by atoms with Crippen molar-refractivity contribution in [2.24, 2.45) is 5.92 Å². The van der Waals surface area contributed by atoms with E-state index in [9.17, 15) is 0 Å². The van der Waals surface area contributed by atoms with Gasteiger partial charge >= 0.3 is 0 Å². The Morgan fingerprint density at radius 3 is 3.07 bits per heavy atom. The summed E-state index contributed by atoms with van der Waals surface area (Å²) in [6.07, 6.45) is 8.10. The van der Waals surface area contributed by atoms with E-state index in [1.165, 1.54) is 19.3 Å². The van der Waals surface area contributed by atoms with Crippen LogP contribution < -0.4 is 5.32 Å². The summed E-state index contributed by atoms with van der Waals surface area (Å²) in [5, 5.41) is 7.72. The van der Waals surface area contributed by atoms with E-state index >= 15 is 0 Å². The summed E-state index contributed by atoms with van der Waals surface area (Å²) in [5.41, 5.74) is 0. The maximum absolute atomic E-state index is 4.19. The molecule has 2 rings (SSSR count). The highest BCUT2D eigenvalue weighted by atomic mass is 15.3. The topological polar surface area (TPSA) is 29.9 Å². The maximum Gasteiger partial charge on any atom is 0.0559 e. The van der Waals surface area contributed by atoms with Gasteiger partial charge in [0.2, 0.25) is 0 Å². The van der Waals surface area contributed by atoms with Crippen molar-refractivity contribution in [2.45, 2.75) is 38.8 Å². The molecule has 0 aromatic carbocycles. The summed E-state index contributed by atoms with van der Waals surface area (Å²) >= 11 is 0. The zero-order valence-corrected chi connectivity index (χ0v) is 8.82. The first-order chi connectivity index (χ1) is 6.84. The fourth-order valence-electron chi connectivity index (χ4n) is 1.69. The number of nitrogens with one attached hydrogen (secondary N) is 1. The molecule has 78 valence electrons. The van der Waals surface area contributed by atoms with E-state index < -0.39 is 0 Å². The van der Waals surface area contributed by atoms with Crippen LogP contribution in [0.25, 0.3) is 0 Å². The van der Waals surface area contributed by atoms with Crippen molar-refractivity contribution in [2.75, 3.05) is 6.54 Å². The van der Waals surface area contributed by atoms with E-state index in [2.05, 4.69) is 17.3 Å². The van der Waals surface area contributed by atoms with Gasteiger partial charge in [-0.2, -0.15) is 5.10 Å². The average molecular weight is 193 g/mol. The third kappa shape index (κ3) is 3.14. The number of aromatic nitrogens is 2. The van der Waals surface area contributed by atoms with Crippen molar-refractivity contribution in [3.8, 4) is 0 Å². The van der Waals surface area contributed by atoms with Crippen molar-refractivity contribution in [1.29, 1.82) is 0 Å².